The number of sulfonamides is 1. The molecule has 0 radical (unpaired) electrons. The van der Waals surface area contributed by atoms with Gasteiger partial charge in [-0.15, -0.1) is 0 Å². The van der Waals surface area contributed by atoms with Crippen LogP contribution in [0.1, 0.15) is 5.56 Å². The van der Waals surface area contributed by atoms with E-state index in [0.29, 0.717) is 6.07 Å². The smallest absolute Gasteiger partial charge is 0.416 e. The summed E-state index contributed by atoms with van der Waals surface area (Å²) in [6.45, 7) is -1.01. The van der Waals surface area contributed by atoms with E-state index in [9.17, 15) is 31.2 Å². The van der Waals surface area contributed by atoms with E-state index in [2.05, 4.69) is 10.1 Å². The van der Waals surface area contributed by atoms with Crippen LogP contribution in [0.4, 0.5) is 13.2 Å². The van der Waals surface area contributed by atoms with E-state index in [1.165, 1.54) is 7.11 Å². The Hall–Kier alpha value is -2.18. The molecule has 1 aromatic rings. The largest absolute Gasteiger partial charge is 0.455 e. The van der Waals surface area contributed by atoms with Crippen molar-refractivity contribution in [3.05, 3.63) is 29.8 Å². The van der Waals surface area contributed by atoms with Gasteiger partial charge in [-0.05, 0) is 18.2 Å². The average Bonchev–Trinajstić information content (AvgIpc) is 2.58. The highest BCUT2D eigenvalue weighted by molar-refractivity contribution is 7.89. The highest BCUT2D eigenvalue weighted by Gasteiger charge is 2.31. The molecule has 0 aliphatic carbocycles. The van der Waals surface area contributed by atoms with Crippen LogP contribution < -0.4 is 10.0 Å². The maximum atomic E-state index is 12.6. The highest BCUT2D eigenvalue weighted by Crippen LogP contribution is 2.30. The first-order chi connectivity index (χ1) is 12.1. The lowest BCUT2D eigenvalue weighted by molar-refractivity contribution is -0.147. The normalized spacial score (nSPS) is 11.8. The van der Waals surface area contributed by atoms with Gasteiger partial charge >= 0.3 is 12.1 Å². The molecule has 0 unspecified atom stereocenters. The zero-order chi connectivity index (χ0) is 19.8. The van der Waals surface area contributed by atoms with Crippen molar-refractivity contribution in [2.45, 2.75) is 11.1 Å². The zero-order valence-corrected chi connectivity index (χ0v) is 14.4. The lowest BCUT2D eigenvalue weighted by atomic mass is 10.2. The van der Waals surface area contributed by atoms with E-state index in [4.69, 9.17) is 4.74 Å². The molecule has 0 saturated carbocycles. The number of rotatable bonds is 9. The van der Waals surface area contributed by atoms with Crippen molar-refractivity contribution >= 4 is 21.9 Å². The first kappa shape index (κ1) is 21.9. The van der Waals surface area contributed by atoms with E-state index >= 15 is 0 Å². The Kier molecular flexibility index (Phi) is 7.99. The van der Waals surface area contributed by atoms with Crippen molar-refractivity contribution < 1.29 is 40.7 Å². The zero-order valence-electron chi connectivity index (χ0n) is 13.6. The molecule has 0 bridgehead atoms. The molecular weight excluding hydrogens is 381 g/mol. The number of carbonyl (C=O) groups is 2. The predicted octanol–water partition coefficient (Wildman–Crippen LogP) is 0.289. The van der Waals surface area contributed by atoms with Crippen molar-refractivity contribution in [3.63, 3.8) is 0 Å². The van der Waals surface area contributed by atoms with Gasteiger partial charge in [0.1, 0.15) is 6.54 Å². The van der Waals surface area contributed by atoms with E-state index in [1.807, 2.05) is 4.72 Å². The monoisotopic (exact) mass is 398 g/mol. The van der Waals surface area contributed by atoms with Gasteiger partial charge in [-0.3, -0.25) is 9.59 Å². The van der Waals surface area contributed by atoms with E-state index in [-0.39, 0.29) is 13.2 Å². The molecule has 12 heteroatoms. The van der Waals surface area contributed by atoms with Crippen molar-refractivity contribution in [1.29, 1.82) is 0 Å². The fourth-order valence-electron chi connectivity index (χ4n) is 1.62. The molecule has 1 amide bonds. The van der Waals surface area contributed by atoms with Crippen molar-refractivity contribution in [3.8, 4) is 0 Å². The third kappa shape index (κ3) is 7.37. The van der Waals surface area contributed by atoms with Gasteiger partial charge in [-0.1, -0.05) is 6.07 Å². The van der Waals surface area contributed by atoms with Crippen LogP contribution in [0.25, 0.3) is 0 Å². The summed E-state index contributed by atoms with van der Waals surface area (Å²) >= 11 is 0. The van der Waals surface area contributed by atoms with Gasteiger partial charge in [-0.2, -0.15) is 17.9 Å². The SMILES string of the molecule is COCCNC(=O)COC(=O)CNS(=O)(=O)c1cccc(C(F)(F)F)c1. The maximum Gasteiger partial charge on any atom is 0.416 e. The molecule has 0 spiro atoms. The summed E-state index contributed by atoms with van der Waals surface area (Å²) in [6.07, 6.45) is -4.71. The van der Waals surface area contributed by atoms with Gasteiger partial charge in [0.05, 0.1) is 17.1 Å². The summed E-state index contributed by atoms with van der Waals surface area (Å²) in [5.74, 6) is -1.68. The Morgan fingerprint density at radius 2 is 1.92 bits per heavy atom. The molecule has 0 aromatic heterocycles. The quantitative estimate of drug-likeness (QED) is 0.457. The topological polar surface area (TPSA) is 111 Å². The number of carbonyl (C=O) groups excluding carboxylic acids is 2. The van der Waals surface area contributed by atoms with Gasteiger partial charge in [0.2, 0.25) is 10.0 Å². The number of halogens is 3. The third-order valence-electron chi connectivity index (χ3n) is 2.87. The fraction of sp³-hybridized carbons (Fsp3) is 0.429. The molecule has 8 nitrogen and oxygen atoms in total. The second-order valence-electron chi connectivity index (χ2n) is 4.85. The summed E-state index contributed by atoms with van der Waals surface area (Å²) in [6, 6.07) is 3.04. The standard InChI is InChI=1S/C14H17F3N2O6S/c1-24-6-5-18-12(20)9-25-13(21)8-19-26(22,23)11-4-2-3-10(7-11)14(15,16)17/h2-4,7,19H,5-6,8-9H2,1H3,(H,18,20). The molecule has 0 aliphatic heterocycles. The van der Waals surface area contributed by atoms with Gasteiger partial charge in [0.25, 0.3) is 5.91 Å². The van der Waals surface area contributed by atoms with Crippen LogP contribution in [-0.4, -0.2) is 53.7 Å². The summed E-state index contributed by atoms with van der Waals surface area (Å²) < 4.78 is 72.8. The van der Waals surface area contributed by atoms with Crippen molar-refractivity contribution in [1.82, 2.24) is 10.0 Å². The number of amides is 1. The molecule has 0 fully saturated rings. The predicted molar refractivity (Wildman–Crippen MR) is 82.5 cm³/mol. The van der Waals surface area contributed by atoms with E-state index in [0.717, 1.165) is 18.2 Å². The Morgan fingerprint density at radius 3 is 2.54 bits per heavy atom. The number of esters is 1. The Balaban J connectivity index is 2.55. The first-order valence-electron chi connectivity index (χ1n) is 7.14. The molecule has 0 heterocycles. The molecule has 0 saturated heterocycles. The summed E-state index contributed by atoms with van der Waals surface area (Å²) in [4.78, 5) is 22.1. The minimum atomic E-state index is -4.71. The van der Waals surface area contributed by atoms with Crippen LogP contribution in [0.5, 0.6) is 0 Å². The maximum absolute atomic E-state index is 12.6. The van der Waals surface area contributed by atoms with E-state index < -0.39 is 51.7 Å². The molecule has 1 aromatic carbocycles. The highest BCUT2D eigenvalue weighted by atomic mass is 32.2. The molecule has 2 N–H and O–H groups in total. The summed E-state index contributed by atoms with van der Waals surface area (Å²) in [7, 11) is -2.93. The Labute approximate surface area is 147 Å². The van der Waals surface area contributed by atoms with Crippen molar-refractivity contribution in [2.75, 3.05) is 33.4 Å². The van der Waals surface area contributed by atoms with Crippen LogP contribution in [0.3, 0.4) is 0 Å². The minimum absolute atomic E-state index is 0.203. The first-order valence-corrected chi connectivity index (χ1v) is 8.63. The minimum Gasteiger partial charge on any atom is -0.455 e. The number of hydrogen-bond acceptors (Lipinski definition) is 6. The Bertz CT molecular complexity index is 736. The molecule has 26 heavy (non-hydrogen) atoms. The second-order valence-corrected chi connectivity index (χ2v) is 6.62. The summed E-state index contributed by atoms with van der Waals surface area (Å²) in [5.41, 5.74) is -1.14. The molecular formula is C14H17F3N2O6S. The lowest BCUT2D eigenvalue weighted by Crippen LogP contribution is -2.35. The van der Waals surface area contributed by atoms with Crippen LogP contribution >= 0.6 is 0 Å². The van der Waals surface area contributed by atoms with Crippen LogP contribution in [0.15, 0.2) is 29.2 Å². The van der Waals surface area contributed by atoms with Gasteiger partial charge in [0.15, 0.2) is 6.61 Å². The van der Waals surface area contributed by atoms with E-state index in [1.54, 1.807) is 0 Å². The van der Waals surface area contributed by atoms with Crippen LogP contribution in [0, 0.1) is 0 Å². The lowest BCUT2D eigenvalue weighted by Gasteiger charge is -2.10. The number of alkyl halides is 3. The van der Waals surface area contributed by atoms with Crippen molar-refractivity contribution in [2.24, 2.45) is 0 Å². The molecule has 0 aliphatic rings. The average molecular weight is 398 g/mol. The number of hydrogen-bond donors (Lipinski definition) is 2. The summed E-state index contributed by atoms with van der Waals surface area (Å²) in [5, 5.41) is 2.37. The number of ether oxygens (including phenoxy) is 2. The molecule has 1 rings (SSSR count). The second kappa shape index (κ2) is 9.50. The number of nitrogens with one attached hydrogen (secondary N) is 2. The Morgan fingerprint density at radius 1 is 1.23 bits per heavy atom. The van der Waals surface area contributed by atoms with Gasteiger partial charge in [-0.25, -0.2) is 8.42 Å². The number of benzene rings is 1. The van der Waals surface area contributed by atoms with Crippen LogP contribution in [0.2, 0.25) is 0 Å². The number of methoxy groups -OCH3 is 1. The molecule has 146 valence electrons. The fourth-order valence-corrected chi connectivity index (χ4v) is 2.63. The third-order valence-corrected chi connectivity index (χ3v) is 4.27. The molecule has 0 atom stereocenters. The van der Waals surface area contributed by atoms with Gasteiger partial charge in [0, 0.05) is 13.7 Å². The van der Waals surface area contributed by atoms with Crippen LogP contribution in [-0.2, 0) is 35.3 Å². The van der Waals surface area contributed by atoms with Gasteiger partial charge < -0.3 is 14.8 Å².